The first-order valence-electron chi connectivity index (χ1n) is 4.92. The van der Waals surface area contributed by atoms with Crippen molar-refractivity contribution in [2.75, 3.05) is 19.1 Å². The van der Waals surface area contributed by atoms with E-state index in [4.69, 9.17) is 10.00 Å². The Morgan fingerprint density at radius 1 is 1.50 bits per heavy atom. The van der Waals surface area contributed by atoms with Crippen molar-refractivity contribution in [2.45, 2.75) is 6.92 Å². The van der Waals surface area contributed by atoms with Gasteiger partial charge in [-0.05, 0) is 19.1 Å². The molecule has 0 aromatic heterocycles. The van der Waals surface area contributed by atoms with Gasteiger partial charge in [-0.3, -0.25) is 4.79 Å². The molecule has 0 fully saturated rings. The maximum Gasteiger partial charge on any atom is 0.243 e. The van der Waals surface area contributed by atoms with E-state index in [2.05, 4.69) is 0 Å². The van der Waals surface area contributed by atoms with Gasteiger partial charge in [0, 0.05) is 7.05 Å². The standard InChI is InChI=1S/C12H14N2O2/c1-9(8-13)12(15)14(2)10-6-4-5-7-11(10)16-3/h4-7,9H,1-3H3. The molecule has 4 heteroatoms. The topological polar surface area (TPSA) is 53.3 Å². The fourth-order valence-corrected chi connectivity index (χ4v) is 1.37. The van der Waals surface area contributed by atoms with Crippen LogP contribution in [-0.4, -0.2) is 20.1 Å². The lowest BCUT2D eigenvalue weighted by molar-refractivity contribution is -0.120. The predicted molar refractivity (Wildman–Crippen MR) is 61.2 cm³/mol. The minimum absolute atomic E-state index is 0.244. The zero-order valence-corrected chi connectivity index (χ0v) is 9.60. The first-order valence-corrected chi connectivity index (χ1v) is 4.92. The van der Waals surface area contributed by atoms with E-state index < -0.39 is 5.92 Å². The summed E-state index contributed by atoms with van der Waals surface area (Å²) in [4.78, 5) is 13.2. The van der Waals surface area contributed by atoms with Crippen LogP contribution in [0.15, 0.2) is 24.3 Å². The minimum atomic E-state index is -0.657. The molecular weight excluding hydrogens is 204 g/mol. The first-order chi connectivity index (χ1) is 7.61. The van der Waals surface area contributed by atoms with Crippen molar-refractivity contribution in [3.8, 4) is 11.8 Å². The van der Waals surface area contributed by atoms with Crippen molar-refractivity contribution in [2.24, 2.45) is 5.92 Å². The maximum absolute atomic E-state index is 11.8. The number of anilines is 1. The van der Waals surface area contributed by atoms with Gasteiger partial charge in [0.15, 0.2) is 0 Å². The molecule has 0 heterocycles. The fraction of sp³-hybridized carbons (Fsp3) is 0.333. The molecule has 1 rings (SSSR count). The number of amides is 1. The average Bonchev–Trinajstić information content (AvgIpc) is 2.35. The molecule has 1 atom stereocenters. The number of carbonyl (C=O) groups is 1. The molecule has 0 spiro atoms. The van der Waals surface area contributed by atoms with Gasteiger partial charge in [0.2, 0.25) is 5.91 Å². The second kappa shape index (κ2) is 5.17. The second-order valence-electron chi connectivity index (χ2n) is 3.42. The van der Waals surface area contributed by atoms with Crippen LogP contribution in [0, 0.1) is 17.2 Å². The summed E-state index contributed by atoms with van der Waals surface area (Å²) in [5.74, 6) is -0.287. The lowest BCUT2D eigenvalue weighted by Crippen LogP contribution is -2.31. The lowest BCUT2D eigenvalue weighted by Gasteiger charge is -2.20. The molecule has 0 N–H and O–H groups in total. The number of carbonyl (C=O) groups excluding carboxylic acids is 1. The average molecular weight is 218 g/mol. The summed E-state index contributed by atoms with van der Waals surface area (Å²) in [6.45, 7) is 1.58. The Morgan fingerprint density at radius 2 is 2.12 bits per heavy atom. The Balaban J connectivity index is 3.01. The van der Waals surface area contributed by atoms with E-state index in [0.29, 0.717) is 11.4 Å². The van der Waals surface area contributed by atoms with E-state index in [9.17, 15) is 4.79 Å². The highest BCUT2D eigenvalue weighted by atomic mass is 16.5. The van der Waals surface area contributed by atoms with Crippen LogP contribution < -0.4 is 9.64 Å². The Morgan fingerprint density at radius 3 is 2.69 bits per heavy atom. The summed E-state index contributed by atoms with van der Waals surface area (Å²) in [5.41, 5.74) is 0.664. The van der Waals surface area contributed by atoms with Crippen LogP contribution in [0.5, 0.6) is 5.75 Å². The third-order valence-corrected chi connectivity index (χ3v) is 2.34. The number of nitrogens with zero attached hydrogens (tertiary/aromatic N) is 2. The van der Waals surface area contributed by atoms with Crippen molar-refractivity contribution in [1.29, 1.82) is 5.26 Å². The lowest BCUT2D eigenvalue weighted by atomic mass is 10.1. The quantitative estimate of drug-likeness (QED) is 0.777. The van der Waals surface area contributed by atoms with E-state index in [1.165, 1.54) is 4.90 Å². The number of methoxy groups -OCH3 is 1. The summed E-state index contributed by atoms with van der Waals surface area (Å²) in [7, 11) is 3.18. The molecule has 4 nitrogen and oxygen atoms in total. The van der Waals surface area contributed by atoms with Crippen molar-refractivity contribution in [3.05, 3.63) is 24.3 Å². The first kappa shape index (κ1) is 12.1. The summed E-state index contributed by atoms with van der Waals surface area (Å²) >= 11 is 0. The van der Waals surface area contributed by atoms with Gasteiger partial charge in [-0.1, -0.05) is 12.1 Å². The smallest absolute Gasteiger partial charge is 0.243 e. The van der Waals surface area contributed by atoms with Gasteiger partial charge in [-0.25, -0.2) is 0 Å². The number of rotatable bonds is 3. The molecule has 16 heavy (non-hydrogen) atoms. The fourth-order valence-electron chi connectivity index (χ4n) is 1.37. The number of ether oxygens (including phenoxy) is 1. The molecule has 1 aromatic carbocycles. The number of nitriles is 1. The summed E-state index contributed by atoms with van der Waals surface area (Å²) < 4.78 is 5.15. The van der Waals surface area contributed by atoms with Gasteiger partial charge in [0.05, 0.1) is 18.9 Å². The van der Waals surface area contributed by atoms with Crippen LogP contribution >= 0.6 is 0 Å². The highest BCUT2D eigenvalue weighted by Crippen LogP contribution is 2.27. The van der Waals surface area contributed by atoms with Crippen molar-refractivity contribution in [1.82, 2.24) is 0 Å². The third kappa shape index (κ3) is 2.31. The van der Waals surface area contributed by atoms with E-state index in [1.54, 1.807) is 33.2 Å². The van der Waals surface area contributed by atoms with Gasteiger partial charge in [-0.2, -0.15) is 5.26 Å². The Labute approximate surface area is 95.0 Å². The SMILES string of the molecule is COc1ccccc1N(C)C(=O)C(C)C#N. The van der Waals surface area contributed by atoms with E-state index in [1.807, 2.05) is 18.2 Å². The number of para-hydroxylation sites is 2. The van der Waals surface area contributed by atoms with Crippen LogP contribution in [-0.2, 0) is 4.79 Å². The molecule has 0 saturated heterocycles. The zero-order chi connectivity index (χ0) is 12.1. The molecule has 1 unspecified atom stereocenters. The summed E-state index contributed by atoms with van der Waals surface area (Å²) in [6, 6.07) is 9.12. The Hall–Kier alpha value is -2.02. The van der Waals surface area contributed by atoms with E-state index in [-0.39, 0.29) is 5.91 Å². The predicted octanol–water partition coefficient (Wildman–Crippen LogP) is 1.82. The van der Waals surface area contributed by atoms with Gasteiger partial charge in [-0.15, -0.1) is 0 Å². The number of benzene rings is 1. The van der Waals surface area contributed by atoms with Gasteiger partial charge in [0.1, 0.15) is 11.7 Å². The molecule has 0 bridgehead atoms. The van der Waals surface area contributed by atoms with Gasteiger partial charge < -0.3 is 9.64 Å². The number of hydrogen-bond acceptors (Lipinski definition) is 3. The van der Waals surface area contributed by atoms with Gasteiger partial charge >= 0.3 is 0 Å². The molecule has 1 amide bonds. The van der Waals surface area contributed by atoms with Crippen LogP contribution in [0.25, 0.3) is 0 Å². The normalized spacial score (nSPS) is 11.4. The van der Waals surface area contributed by atoms with Gasteiger partial charge in [0.25, 0.3) is 0 Å². The molecular formula is C12H14N2O2. The molecule has 0 aliphatic carbocycles. The zero-order valence-electron chi connectivity index (χ0n) is 9.60. The van der Waals surface area contributed by atoms with Crippen LogP contribution in [0.2, 0.25) is 0 Å². The summed E-state index contributed by atoms with van der Waals surface area (Å²) in [6.07, 6.45) is 0. The largest absolute Gasteiger partial charge is 0.495 e. The monoisotopic (exact) mass is 218 g/mol. The highest BCUT2D eigenvalue weighted by molar-refractivity contribution is 5.97. The third-order valence-electron chi connectivity index (χ3n) is 2.34. The Bertz CT molecular complexity index is 423. The minimum Gasteiger partial charge on any atom is -0.495 e. The van der Waals surface area contributed by atoms with E-state index in [0.717, 1.165) is 0 Å². The van der Waals surface area contributed by atoms with Crippen LogP contribution in [0.3, 0.4) is 0 Å². The molecule has 0 saturated carbocycles. The van der Waals surface area contributed by atoms with Crippen molar-refractivity contribution < 1.29 is 9.53 Å². The van der Waals surface area contributed by atoms with Crippen molar-refractivity contribution in [3.63, 3.8) is 0 Å². The second-order valence-corrected chi connectivity index (χ2v) is 3.42. The Kier molecular flexibility index (Phi) is 3.90. The number of hydrogen-bond donors (Lipinski definition) is 0. The molecule has 0 radical (unpaired) electrons. The molecule has 1 aromatic rings. The highest BCUT2D eigenvalue weighted by Gasteiger charge is 2.20. The van der Waals surface area contributed by atoms with Crippen LogP contribution in [0.1, 0.15) is 6.92 Å². The summed E-state index contributed by atoms with van der Waals surface area (Å²) in [5, 5.41) is 8.70. The maximum atomic E-state index is 11.8. The molecule has 84 valence electrons. The molecule has 0 aliphatic rings. The van der Waals surface area contributed by atoms with Crippen molar-refractivity contribution >= 4 is 11.6 Å². The van der Waals surface area contributed by atoms with Crippen LogP contribution in [0.4, 0.5) is 5.69 Å². The molecule has 0 aliphatic heterocycles. The van der Waals surface area contributed by atoms with E-state index >= 15 is 0 Å².